The predicted octanol–water partition coefficient (Wildman–Crippen LogP) is 1.47. The van der Waals surface area contributed by atoms with E-state index in [0.29, 0.717) is 16.0 Å². The summed E-state index contributed by atoms with van der Waals surface area (Å²) < 4.78 is 50.3. The summed E-state index contributed by atoms with van der Waals surface area (Å²) in [5, 5.41) is -0.672. The Bertz CT molecular complexity index is 702. The van der Waals surface area contributed by atoms with Crippen LogP contribution in [0.5, 0.6) is 0 Å². The zero-order valence-electron chi connectivity index (χ0n) is 10.8. The highest BCUT2D eigenvalue weighted by molar-refractivity contribution is 9.10. The molecule has 0 spiro atoms. The van der Waals surface area contributed by atoms with E-state index < -0.39 is 25.1 Å². The lowest BCUT2D eigenvalue weighted by Crippen LogP contribution is -2.36. The topological polar surface area (TPSA) is 93.2 Å². The van der Waals surface area contributed by atoms with Crippen LogP contribution in [-0.4, -0.2) is 38.6 Å². The summed E-state index contributed by atoms with van der Waals surface area (Å²) in [6, 6.07) is 3.28. The first-order chi connectivity index (χ1) is 9.20. The third-order valence-electron chi connectivity index (χ3n) is 3.24. The van der Waals surface area contributed by atoms with Gasteiger partial charge in [0.25, 0.3) is 0 Å². The summed E-state index contributed by atoms with van der Waals surface area (Å²) >= 11 is 3.21. The first kappa shape index (κ1) is 15.7. The number of nitrogens with zero attached hydrogens (tertiary/aromatic N) is 1. The minimum Gasteiger partial charge on any atom is -0.281 e. The highest BCUT2D eigenvalue weighted by Gasteiger charge is 2.33. The minimum atomic E-state index is -3.59. The second-order valence-corrected chi connectivity index (χ2v) is 9.84. The lowest BCUT2D eigenvalue weighted by molar-refractivity contribution is 0.555. The van der Waals surface area contributed by atoms with Crippen molar-refractivity contribution in [1.82, 2.24) is 4.98 Å². The fourth-order valence-electron chi connectivity index (χ4n) is 2.05. The van der Waals surface area contributed by atoms with Crippen molar-refractivity contribution < 1.29 is 16.8 Å². The molecule has 0 bridgehead atoms. The molecule has 0 aromatic carbocycles. The summed E-state index contributed by atoms with van der Waals surface area (Å²) in [6.45, 7) is 1.70. The van der Waals surface area contributed by atoms with E-state index in [0.717, 1.165) is 0 Å². The van der Waals surface area contributed by atoms with E-state index in [1.165, 1.54) is 0 Å². The molecule has 9 heteroatoms. The fraction of sp³-hybridized carbons (Fsp3) is 0.545. The quantitative estimate of drug-likeness (QED) is 0.798. The molecule has 1 aromatic rings. The number of aromatic nitrogens is 1. The number of sulfone groups is 1. The van der Waals surface area contributed by atoms with Crippen LogP contribution in [0.15, 0.2) is 16.7 Å². The van der Waals surface area contributed by atoms with Crippen molar-refractivity contribution in [2.75, 3.05) is 16.2 Å². The van der Waals surface area contributed by atoms with Crippen molar-refractivity contribution in [3.05, 3.63) is 22.4 Å². The molecule has 1 aliphatic rings. The van der Waals surface area contributed by atoms with Gasteiger partial charge < -0.3 is 0 Å². The van der Waals surface area contributed by atoms with Crippen LogP contribution in [0.2, 0.25) is 0 Å². The van der Waals surface area contributed by atoms with Crippen LogP contribution in [0.4, 0.5) is 5.69 Å². The summed E-state index contributed by atoms with van der Waals surface area (Å²) in [5.41, 5.74) is 0.980. The Balaban J connectivity index is 2.16. The van der Waals surface area contributed by atoms with Crippen molar-refractivity contribution in [3.8, 4) is 0 Å². The maximum Gasteiger partial charge on any atom is 0.235 e. The molecule has 1 aliphatic heterocycles. The van der Waals surface area contributed by atoms with Gasteiger partial charge in [-0.3, -0.25) is 4.72 Å². The monoisotopic (exact) mass is 382 g/mol. The first-order valence-electron chi connectivity index (χ1n) is 6.05. The molecule has 1 N–H and O–H groups in total. The first-order valence-corrected chi connectivity index (χ1v) is 10.2. The van der Waals surface area contributed by atoms with Gasteiger partial charge in [0.05, 0.1) is 28.1 Å². The van der Waals surface area contributed by atoms with Gasteiger partial charge in [0, 0.05) is 0 Å². The summed E-state index contributed by atoms with van der Waals surface area (Å²) in [5.74, 6) is -0.147. The van der Waals surface area contributed by atoms with Gasteiger partial charge in [-0.2, -0.15) is 0 Å². The van der Waals surface area contributed by atoms with Crippen molar-refractivity contribution in [2.24, 2.45) is 0 Å². The molecule has 0 atom stereocenters. The Morgan fingerprint density at radius 3 is 2.45 bits per heavy atom. The van der Waals surface area contributed by atoms with Crippen molar-refractivity contribution in [3.63, 3.8) is 0 Å². The average Bonchev–Trinajstić information content (AvgIpc) is 2.32. The molecule has 0 unspecified atom stereocenters. The zero-order valence-corrected chi connectivity index (χ0v) is 14.1. The third-order valence-corrected chi connectivity index (χ3v) is 7.26. The number of sulfonamides is 1. The highest BCUT2D eigenvalue weighted by atomic mass is 79.9. The van der Waals surface area contributed by atoms with E-state index in [1.807, 2.05) is 0 Å². The van der Waals surface area contributed by atoms with Crippen LogP contribution in [0.3, 0.4) is 0 Å². The molecule has 0 saturated carbocycles. The average molecular weight is 383 g/mol. The Hall–Kier alpha value is -0.670. The second-order valence-electron chi connectivity index (χ2n) is 4.77. The van der Waals surface area contributed by atoms with E-state index in [-0.39, 0.29) is 24.3 Å². The molecule has 2 rings (SSSR count). The highest BCUT2D eigenvalue weighted by Crippen LogP contribution is 2.23. The Kier molecular flexibility index (Phi) is 4.41. The number of rotatable bonds is 3. The summed E-state index contributed by atoms with van der Waals surface area (Å²) in [4.78, 5) is 4.12. The Morgan fingerprint density at radius 2 is 1.90 bits per heavy atom. The molecule has 1 saturated heterocycles. The lowest BCUT2D eigenvalue weighted by atomic mass is 10.2. The van der Waals surface area contributed by atoms with Gasteiger partial charge in [-0.05, 0) is 47.8 Å². The van der Waals surface area contributed by atoms with E-state index in [9.17, 15) is 16.8 Å². The van der Waals surface area contributed by atoms with Gasteiger partial charge in [-0.1, -0.05) is 0 Å². The number of halogens is 1. The van der Waals surface area contributed by atoms with Crippen LogP contribution < -0.4 is 4.72 Å². The maximum atomic E-state index is 12.3. The number of pyridine rings is 1. The Labute approximate surface area is 127 Å². The van der Waals surface area contributed by atoms with Crippen molar-refractivity contribution >= 4 is 41.5 Å². The second kappa shape index (κ2) is 5.61. The van der Waals surface area contributed by atoms with E-state index >= 15 is 0 Å². The largest absolute Gasteiger partial charge is 0.281 e. The third kappa shape index (κ3) is 3.70. The van der Waals surface area contributed by atoms with Gasteiger partial charge in [-0.15, -0.1) is 0 Å². The van der Waals surface area contributed by atoms with Gasteiger partial charge in [0.2, 0.25) is 10.0 Å². The molecule has 0 radical (unpaired) electrons. The standard InChI is InChI=1S/C11H15BrN2O4S2/c1-8-10(2-3-11(12)13-8)14-20(17,18)9-4-6-19(15,16)7-5-9/h2-3,9,14H,4-7H2,1H3. The summed E-state index contributed by atoms with van der Waals surface area (Å²) in [6.07, 6.45) is 0.279. The molecule has 0 aliphatic carbocycles. The molecule has 6 nitrogen and oxygen atoms in total. The Morgan fingerprint density at radius 1 is 1.30 bits per heavy atom. The van der Waals surface area contributed by atoms with E-state index in [4.69, 9.17) is 0 Å². The van der Waals surface area contributed by atoms with E-state index in [1.54, 1.807) is 19.1 Å². The fourth-order valence-corrected chi connectivity index (χ4v) is 5.79. The molecule has 20 heavy (non-hydrogen) atoms. The molecular formula is C11H15BrN2O4S2. The number of anilines is 1. The number of hydrogen-bond donors (Lipinski definition) is 1. The molecular weight excluding hydrogens is 368 g/mol. The van der Waals surface area contributed by atoms with Crippen LogP contribution in [0, 0.1) is 6.92 Å². The smallest absolute Gasteiger partial charge is 0.235 e. The van der Waals surface area contributed by atoms with E-state index in [2.05, 4.69) is 25.6 Å². The zero-order chi connectivity index (χ0) is 15.0. The van der Waals surface area contributed by atoms with Gasteiger partial charge in [0.15, 0.2) is 0 Å². The molecule has 112 valence electrons. The molecule has 1 fully saturated rings. The SMILES string of the molecule is Cc1nc(Br)ccc1NS(=O)(=O)C1CCS(=O)(=O)CC1. The minimum absolute atomic E-state index is 0.0733. The predicted molar refractivity (Wildman–Crippen MR) is 80.9 cm³/mol. The number of nitrogens with one attached hydrogen (secondary N) is 1. The van der Waals surface area contributed by atoms with Gasteiger partial charge >= 0.3 is 0 Å². The lowest BCUT2D eigenvalue weighted by Gasteiger charge is -2.23. The van der Waals surface area contributed by atoms with Gasteiger partial charge in [-0.25, -0.2) is 21.8 Å². The normalized spacial score (nSPS) is 19.7. The molecule has 1 aromatic heterocycles. The van der Waals surface area contributed by atoms with Crippen LogP contribution in [0.25, 0.3) is 0 Å². The number of hydrogen-bond acceptors (Lipinski definition) is 5. The van der Waals surface area contributed by atoms with Gasteiger partial charge in [0.1, 0.15) is 14.4 Å². The van der Waals surface area contributed by atoms with Crippen molar-refractivity contribution in [1.29, 1.82) is 0 Å². The summed E-state index contributed by atoms with van der Waals surface area (Å²) in [7, 11) is -6.67. The molecule has 0 amide bonds. The van der Waals surface area contributed by atoms with Crippen molar-refractivity contribution in [2.45, 2.75) is 25.0 Å². The van der Waals surface area contributed by atoms with Crippen LogP contribution in [0.1, 0.15) is 18.5 Å². The van der Waals surface area contributed by atoms with Crippen LogP contribution >= 0.6 is 15.9 Å². The maximum absolute atomic E-state index is 12.3. The van der Waals surface area contributed by atoms with Crippen LogP contribution in [-0.2, 0) is 19.9 Å². The molecule has 2 heterocycles. The number of aryl methyl sites for hydroxylation is 1.